The standard InChI is InChI=1S/C17H21ClN2O/c1-11-13(18)9-12-14(20-11)17(7-5-4-6-8-17)21-15(12)16(2,3)10-19/h9,15H,4-8H2,1-3H3. The highest BCUT2D eigenvalue weighted by molar-refractivity contribution is 6.31. The Kier molecular flexibility index (Phi) is 3.50. The second-order valence-corrected chi connectivity index (χ2v) is 7.29. The van der Waals surface area contributed by atoms with Crippen molar-refractivity contribution in [1.82, 2.24) is 4.98 Å². The molecule has 4 heteroatoms. The van der Waals surface area contributed by atoms with E-state index in [1.165, 1.54) is 6.42 Å². The van der Waals surface area contributed by atoms with E-state index in [-0.39, 0.29) is 11.7 Å². The van der Waals surface area contributed by atoms with Crippen LogP contribution in [-0.4, -0.2) is 4.98 Å². The van der Waals surface area contributed by atoms with E-state index < -0.39 is 5.41 Å². The first-order valence-electron chi connectivity index (χ1n) is 7.66. The van der Waals surface area contributed by atoms with E-state index in [0.29, 0.717) is 5.02 Å². The van der Waals surface area contributed by atoms with Gasteiger partial charge in [-0.1, -0.05) is 30.9 Å². The summed E-state index contributed by atoms with van der Waals surface area (Å²) in [7, 11) is 0. The Hall–Kier alpha value is -1.11. The van der Waals surface area contributed by atoms with Gasteiger partial charge in [0.25, 0.3) is 0 Å². The predicted octanol–water partition coefficient (Wildman–Crippen LogP) is 4.82. The molecular formula is C17H21ClN2O. The molecule has 0 aromatic carbocycles. The van der Waals surface area contributed by atoms with Crippen LogP contribution in [0.2, 0.25) is 5.02 Å². The largest absolute Gasteiger partial charge is 0.359 e. The number of ether oxygens (including phenoxy) is 1. The molecule has 0 N–H and O–H groups in total. The SMILES string of the molecule is Cc1nc2c(cc1Cl)C(C(C)(C)C#N)OC21CCCCC1. The first kappa shape index (κ1) is 14.8. The lowest BCUT2D eigenvalue weighted by Crippen LogP contribution is -2.31. The van der Waals surface area contributed by atoms with Crippen LogP contribution in [0.4, 0.5) is 0 Å². The second kappa shape index (κ2) is 4.97. The van der Waals surface area contributed by atoms with Crippen LogP contribution in [0.1, 0.15) is 69.0 Å². The van der Waals surface area contributed by atoms with Gasteiger partial charge in [0, 0.05) is 5.56 Å². The fraction of sp³-hybridized carbons (Fsp3) is 0.647. The number of halogens is 1. The molecule has 1 aromatic heterocycles. The van der Waals surface area contributed by atoms with Crippen LogP contribution in [0.15, 0.2) is 6.07 Å². The van der Waals surface area contributed by atoms with E-state index in [0.717, 1.165) is 42.6 Å². The second-order valence-electron chi connectivity index (χ2n) is 6.88. The summed E-state index contributed by atoms with van der Waals surface area (Å²) in [4.78, 5) is 4.76. The van der Waals surface area contributed by atoms with Crippen molar-refractivity contribution in [3.63, 3.8) is 0 Å². The van der Waals surface area contributed by atoms with Gasteiger partial charge in [0.1, 0.15) is 11.7 Å². The summed E-state index contributed by atoms with van der Waals surface area (Å²) < 4.78 is 6.48. The Labute approximate surface area is 131 Å². The quantitative estimate of drug-likeness (QED) is 0.747. The van der Waals surface area contributed by atoms with E-state index in [1.807, 2.05) is 26.8 Å². The summed E-state index contributed by atoms with van der Waals surface area (Å²) in [6.07, 6.45) is 5.30. The number of aromatic nitrogens is 1. The maximum absolute atomic E-state index is 9.51. The molecule has 2 aliphatic rings. The van der Waals surface area contributed by atoms with Crippen molar-refractivity contribution in [3.05, 3.63) is 28.0 Å². The molecular weight excluding hydrogens is 284 g/mol. The summed E-state index contributed by atoms with van der Waals surface area (Å²) >= 11 is 6.28. The number of hydrogen-bond donors (Lipinski definition) is 0. The molecule has 1 aliphatic heterocycles. The van der Waals surface area contributed by atoms with Crippen molar-refractivity contribution in [2.24, 2.45) is 5.41 Å². The maximum atomic E-state index is 9.51. The van der Waals surface area contributed by atoms with Crippen molar-refractivity contribution in [3.8, 4) is 6.07 Å². The van der Waals surface area contributed by atoms with Crippen molar-refractivity contribution < 1.29 is 4.74 Å². The molecule has 1 aliphatic carbocycles. The molecule has 0 bridgehead atoms. The highest BCUT2D eigenvalue weighted by atomic mass is 35.5. The third kappa shape index (κ3) is 2.25. The van der Waals surface area contributed by atoms with E-state index in [4.69, 9.17) is 21.3 Å². The van der Waals surface area contributed by atoms with Gasteiger partial charge in [-0.05, 0) is 39.7 Å². The monoisotopic (exact) mass is 304 g/mol. The molecule has 1 saturated carbocycles. The molecule has 0 radical (unpaired) electrons. The zero-order valence-corrected chi connectivity index (χ0v) is 13.6. The minimum absolute atomic E-state index is 0.249. The molecule has 1 unspecified atom stereocenters. The lowest BCUT2D eigenvalue weighted by molar-refractivity contribution is -0.126. The summed E-state index contributed by atoms with van der Waals surface area (Å²) in [5.41, 5.74) is 1.99. The number of rotatable bonds is 1. The van der Waals surface area contributed by atoms with Crippen molar-refractivity contribution in [2.75, 3.05) is 0 Å². The van der Waals surface area contributed by atoms with E-state index in [1.54, 1.807) is 0 Å². The molecule has 2 heterocycles. The topological polar surface area (TPSA) is 45.9 Å². The third-order valence-electron chi connectivity index (χ3n) is 4.84. The minimum Gasteiger partial charge on any atom is -0.359 e. The van der Waals surface area contributed by atoms with Crippen LogP contribution in [0.5, 0.6) is 0 Å². The predicted molar refractivity (Wildman–Crippen MR) is 82.0 cm³/mol. The highest BCUT2D eigenvalue weighted by Crippen LogP contribution is 2.55. The normalized spacial score (nSPS) is 23.9. The zero-order valence-electron chi connectivity index (χ0n) is 12.9. The molecule has 0 saturated heterocycles. The maximum Gasteiger partial charge on any atom is 0.111 e. The molecule has 1 fully saturated rings. The zero-order chi connectivity index (χ0) is 15.3. The Morgan fingerprint density at radius 1 is 1.38 bits per heavy atom. The lowest BCUT2D eigenvalue weighted by Gasteiger charge is -2.35. The van der Waals surface area contributed by atoms with Gasteiger partial charge >= 0.3 is 0 Å². The summed E-state index contributed by atoms with van der Waals surface area (Å²) in [6.45, 7) is 5.79. The Morgan fingerprint density at radius 2 is 2.05 bits per heavy atom. The summed E-state index contributed by atoms with van der Waals surface area (Å²) in [5.74, 6) is 0. The van der Waals surface area contributed by atoms with Gasteiger partial charge in [-0.25, -0.2) is 0 Å². The van der Waals surface area contributed by atoms with E-state index >= 15 is 0 Å². The minimum atomic E-state index is -0.587. The molecule has 1 spiro atoms. The number of hydrogen-bond acceptors (Lipinski definition) is 3. The van der Waals surface area contributed by atoms with Gasteiger partial charge in [-0.2, -0.15) is 5.26 Å². The first-order chi connectivity index (χ1) is 9.89. The summed E-state index contributed by atoms with van der Waals surface area (Å²) in [5, 5.41) is 10.2. The van der Waals surface area contributed by atoms with Crippen molar-refractivity contribution in [2.45, 2.75) is 64.6 Å². The average Bonchev–Trinajstić information content (AvgIpc) is 2.76. The molecule has 3 rings (SSSR count). The molecule has 21 heavy (non-hydrogen) atoms. The van der Waals surface area contributed by atoms with Crippen LogP contribution in [0, 0.1) is 23.7 Å². The average molecular weight is 305 g/mol. The number of nitrogens with zero attached hydrogens (tertiary/aromatic N) is 2. The van der Waals surface area contributed by atoms with Crippen molar-refractivity contribution in [1.29, 1.82) is 5.26 Å². The smallest absolute Gasteiger partial charge is 0.111 e. The van der Waals surface area contributed by atoms with Crippen LogP contribution in [0.3, 0.4) is 0 Å². The van der Waals surface area contributed by atoms with Gasteiger partial charge in [0.05, 0.1) is 27.9 Å². The number of pyridine rings is 1. The highest BCUT2D eigenvalue weighted by Gasteiger charge is 2.51. The molecule has 3 nitrogen and oxygen atoms in total. The van der Waals surface area contributed by atoms with Crippen LogP contribution in [-0.2, 0) is 10.3 Å². The molecule has 0 amide bonds. The van der Waals surface area contributed by atoms with Gasteiger partial charge in [-0.15, -0.1) is 0 Å². The van der Waals surface area contributed by atoms with Crippen LogP contribution in [0.25, 0.3) is 0 Å². The van der Waals surface area contributed by atoms with Crippen LogP contribution < -0.4 is 0 Å². The number of nitriles is 1. The molecule has 1 aromatic rings. The molecule has 112 valence electrons. The van der Waals surface area contributed by atoms with E-state index in [9.17, 15) is 5.26 Å². The number of aryl methyl sites for hydroxylation is 1. The Balaban J connectivity index is 2.15. The Morgan fingerprint density at radius 3 is 2.67 bits per heavy atom. The fourth-order valence-electron chi connectivity index (χ4n) is 3.58. The molecule has 1 atom stereocenters. The van der Waals surface area contributed by atoms with Gasteiger partial charge in [0.15, 0.2) is 0 Å². The van der Waals surface area contributed by atoms with Gasteiger partial charge < -0.3 is 4.74 Å². The van der Waals surface area contributed by atoms with Crippen LogP contribution >= 0.6 is 11.6 Å². The number of fused-ring (bicyclic) bond motifs is 2. The third-order valence-corrected chi connectivity index (χ3v) is 5.23. The van der Waals surface area contributed by atoms with Gasteiger partial charge in [-0.3, -0.25) is 4.98 Å². The summed E-state index contributed by atoms with van der Waals surface area (Å²) in [6, 6.07) is 4.35. The van der Waals surface area contributed by atoms with E-state index in [2.05, 4.69) is 6.07 Å². The fourth-order valence-corrected chi connectivity index (χ4v) is 3.74. The van der Waals surface area contributed by atoms with Crippen molar-refractivity contribution >= 4 is 11.6 Å². The first-order valence-corrected chi connectivity index (χ1v) is 8.04. The van der Waals surface area contributed by atoms with Gasteiger partial charge in [0.2, 0.25) is 0 Å². The Bertz CT molecular complexity index is 612. The lowest BCUT2D eigenvalue weighted by atomic mass is 9.80.